The van der Waals surface area contributed by atoms with Crippen LogP contribution in [0.15, 0.2) is 45.6 Å². The van der Waals surface area contributed by atoms with Crippen LogP contribution in [0.5, 0.6) is 0 Å². The Balaban J connectivity index is 2.03. The zero-order chi connectivity index (χ0) is 13.8. The van der Waals surface area contributed by atoms with Crippen molar-refractivity contribution in [1.82, 2.24) is 4.90 Å². The van der Waals surface area contributed by atoms with Gasteiger partial charge >= 0.3 is 0 Å². The first-order valence-corrected chi connectivity index (χ1v) is 7.77. The van der Waals surface area contributed by atoms with Crippen molar-refractivity contribution in [3.05, 3.63) is 56.7 Å². The van der Waals surface area contributed by atoms with E-state index in [1.807, 2.05) is 44.3 Å². The lowest BCUT2D eigenvalue weighted by atomic mass is 10.0. The highest BCUT2D eigenvalue weighted by Gasteiger charge is 2.19. The van der Waals surface area contributed by atoms with Gasteiger partial charge in [-0.1, -0.05) is 30.3 Å². The monoisotopic (exact) mass is 337 g/mol. The average molecular weight is 338 g/mol. The van der Waals surface area contributed by atoms with E-state index in [4.69, 9.17) is 0 Å². The Labute approximate surface area is 126 Å². The Kier molecular flexibility index (Phi) is 4.91. The minimum absolute atomic E-state index is 0.124. The summed E-state index contributed by atoms with van der Waals surface area (Å²) in [4.78, 5) is 14.4. The number of carbonyl (C=O) groups excluding carboxylic acids is 1. The predicted molar refractivity (Wildman–Crippen MR) is 83.7 cm³/mol. The van der Waals surface area contributed by atoms with E-state index in [0.717, 1.165) is 15.9 Å². The third-order valence-corrected chi connectivity index (χ3v) is 4.71. The van der Waals surface area contributed by atoms with Crippen molar-refractivity contribution in [3.8, 4) is 0 Å². The summed E-state index contributed by atoms with van der Waals surface area (Å²) in [7, 11) is 1.98. The van der Waals surface area contributed by atoms with E-state index in [0.29, 0.717) is 0 Å². The largest absolute Gasteiger partial charge is 0.292 e. The lowest BCUT2D eigenvalue weighted by Gasteiger charge is -2.23. The molecule has 0 aliphatic rings. The minimum Gasteiger partial charge on any atom is -0.292 e. The first kappa shape index (κ1) is 14.4. The van der Waals surface area contributed by atoms with Gasteiger partial charge in [0.05, 0.1) is 9.83 Å². The van der Waals surface area contributed by atoms with E-state index in [-0.39, 0.29) is 11.8 Å². The van der Waals surface area contributed by atoms with E-state index < -0.39 is 0 Å². The molecule has 0 bridgehead atoms. The second kappa shape index (κ2) is 6.46. The summed E-state index contributed by atoms with van der Waals surface area (Å²) in [5.41, 5.74) is 2.00. The molecule has 1 atom stereocenters. The molecular formula is C15H16BrNOS. The van der Waals surface area contributed by atoms with Crippen molar-refractivity contribution in [1.29, 1.82) is 0 Å². The molecule has 2 aromatic rings. The summed E-state index contributed by atoms with van der Waals surface area (Å²) in [6.45, 7) is 2.73. The quantitative estimate of drug-likeness (QED) is 0.761. The number of benzene rings is 1. The molecule has 2 rings (SSSR count). The third kappa shape index (κ3) is 3.75. The Morgan fingerprint density at radius 2 is 2.05 bits per heavy atom. The molecule has 4 heteroatoms. The van der Waals surface area contributed by atoms with Gasteiger partial charge in [0.15, 0.2) is 5.78 Å². The number of Topliss-reactive ketones (excluding diaryl/α,β-unsaturated/α-hetero) is 1. The lowest BCUT2D eigenvalue weighted by Crippen LogP contribution is -2.35. The van der Waals surface area contributed by atoms with Crippen molar-refractivity contribution in [2.24, 2.45) is 0 Å². The summed E-state index contributed by atoms with van der Waals surface area (Å²) in [5.74, 6) is 0.164. The topological polar surface area (TPSA) is 20.3 Å². The molecule has 0 fully saturated rings. The van der Waals surface area contributed by atoms with E-state index in [2.05, 4.69) is 32.3 Å². The van der Waals surface area contributed by atoms with Gasteiger partial charge in [0.1, 0.15) is 0 Å². The highest BCUT2D eigenvalue weighted by molar-refractivity contribution is 9.11. The first-order chi connectivity index (χ1) is 9.08. The molecule has 100 valence electrons. The number of rotatable bonds is 5. The Morgan fingerprint density at radius 3 is 2.63 bits per heavy atom. The summed E-state index contributed by atoms with van der Waals surface area (Å²) in [5, 5.41) is 2.11. The Morgan fingerprint density at radius 1 is 1.37 bits per heavy atom. The molecule has 0 saturated heterocycles. The third-order valence-electron chi connectivity index (χ3n) is 3.15. The van der Waals surface area contributed by atoms with E-state index in [1.165, 1.54) is 5.56 Å². The fraction of sp³-hybridized carbons (Fsp3) is 0.267. The molecule has 0 saturated carbocycles. The number of ketones is 1. The Hall–Kier alpha value is -0.970. The van der Waals surface area contributed by atoms with Crippen LogP contribution < -0.4 is 0 Å². The summed E-state index contributed by atoms with van der Waals surface area (Å²) >= 11 is 5.13. The molecular weight excluding hydrogens is 322 g/mol. The van der Waals surface area contributed by atoms with Crippen molar-refractivity contribution >= 4 is 33.0 Å². The SMILES string of the molecule is CC(C(=O)c1ccccc1)N(C)Cc1csc(Br)c1. The molecule has 0 amide bonds. The molecule has 1 aromatic carbocycles. The fourth-order valence-corrected chi connectivity index (χ4v) is 3.10. The van der Waals surface area contributed by atoms with Crippen LogP contribution in [0, 0.1) is 0 Å². The summed E-state index contributed by atoms with van der Waals surface area (Å²) < 4.78 is 1.12. The van der Waals surface area contributed by atoms with Crippen LogP contribution in [0.25, 0.3) is 0 Å². The average Bonchev–Trinajstić information content (AvgIpc) is 2.83. The molecule has 2 nitrogen and oxygen atoms in total. The summed E-state index contributed by atoms with van der Waals surface area (Å²) in [6.07, 6.45) is 0. The number of carbonyl (C=O) groups is 1. The molecule has 1 aromatic heterocycles. The van der Waals surface area contributed by atoms with E-state index in [9.17, 15) is 4.79 Å². The van der Waals surface area contributed by atoms with Gasteiger partial charge in [-0.25, -0.2) is 0 Å². The number of nitrogens with zero attached hydrogens (tertiary/aromatic N) is 1. The van der Waals surface area contributed by atoms with Gasteiger partial charge in [0.25, 0.3) is 0 Å². The lowest BCUT2D eigenvalue weighted by molar-refractivity contribution is 0.0862. The van der Waals surface area contributed by atoms with Gasteiger partial charge in [-0.05, 0) is 46.9 Å². The second-order valence-corrected chi connectivity index (χ2v) is 6.87. The first-order valence-electron chi connectivity index (χ1n) is 6.10. The molecule has 0 aliphatic carbocycles. The highest BCUT2D eigenvalue weighted by Crippen LogP contribution is 2.22. The molecule has 0 spiro atoms. The van der Waals surface area contributed by atoms with Gasteiger partial charge in [0.2, 0.25) is 0 Å². The van der Waals surface area contributed by atoms with Gasteiger partial charge in [-0.2, -0.15) is 0 Å². The predicted octanol–water partition coefficient (Wildman–Crippen LogP) is 4.21. The normalized spacial score (nSPS) is 12.6. The number of hydrogen-bond acceptors (Lipinski definition) is 3. The van der Waals surface area contributed by atoms with Crippen LogP contribution in [-0.4, -0.2) is 23.8 Å². The van der Waals surface area contributed by atoms with Crippen LogP contribution in [0.1, 0.15) is 22.8 Å². The highest BCUT2D eigenvalue weighted by atomic mass is 79.9. The van der Waals surface area contributed by atoms with Crippen LogP contribution in [0.4, 0.5) is 0 Å². The number of likely N-dealkylation sites (N-methyl/N-ethyl adjacent to an activating group) is 1. The molecule has 19 heavy (non-hydrogen) atoms. The van der Waals surface area contributed by atoms with Gasteiger partial charge in [0, 0.05) is 12.1 Å². The molecule has 0 N–H and O–H groups in total. The number of halogens is 1. The van der Waals surface area contributed by atoms with E-state index in [1.54, 1.807) is 11.3 Å². The zero-order valence-electron chi connectivity index (χ0n) is 11.0. The fourth-order valence-electron chi connectivity index (χ4n) is 1.90. The van der Waals surface area contributed by atoms with Crippen LogP contribution >= 0.6 is 27.3 Å². The van der Waals surface area contributed by atoms with Crippen molar-refractivity contribution in [2.45, 2.75) is 19.5 Å². The maximum Gasteiger partial charge on any atom is 0.179 e. The second-order valence-electron chi connectivity index (χ2n) is 4.58. The van der Waals surface area contributed by atoms with Gasteiger partial charge in [-0.15, -0.1) is 11.3 Å². The Bertz CT molecular complexity index is 552. The molecule has 0 aliphatic heterocycles. The number of hydrogen-bond donors (Lipinski definition) is 0. The van der Waals surface area contributed by atoms with Gasteiger partial charge < -0.3 is 0 Å². The molecule has 0 radical (unpaired) electrons. The van der Waals surface area contributed by atoms with E-state index >= 15 is 0 Å². The molecule has 1 unspecified atom stereocenters. The maximum atomic E-state index is 12.3. The molecule has 1 heterocycles. The van der Waals surface area contributed by atoms with Crippen molar-refractivity contribution in [3.63, 3.8) is 0 Å². The van der Waals surface area contributed by atoms with Crippen molar-refractivity contribution in [2.75, 3.05) is 7.05 Å². The zero-order valence-corrected chi connectivity index (χ0v) is 13.4. The van der Waals surface area contributed by atoms with Crippen LogP contribution in [0.2, 0.25) is 0 Å². The van der Waals surface area contributed by atoms with Gasteiger partial charge in [-0.3, -0.25) is 9.69 Å². The minimum atomic E-state index is -0.124. The standard InChI is InChI=1S/C15H16BrNOS/c1-11(15(18)13-6-4-3-5-7-13)17(2)9-12-8-14(16)19-10-12/h3-8,10-11H,9H2,1-2H3. The van der Waals surface area contributed by atoms with Crippen LogP contribution in [0.3, 0.4) is 0 Å². The summed E-state index contributed by atoms with van der Waals surface area (Å²) in [6, 6.07) is 11.4. The smallest absolute Gasteiger partial charge is 0.179 e. The number of thiophene rings is 1. The van der Waals surface area contributed by atoms with Crippen molar-refractivity contribution < 1.29 is 4.79 Å². The van der Waals surface area contributed by atoms with Crippen LogP contribution in [-0.2, 0) is 6.54 Å². The maximum absolute atomic E-state index is 12.3.